The number of nitriles is 1. The van der Waals surface area contributed by atoms with Crippen molar-refractivity contribution in [3.05, 3.63) is 22.4 Å². The molecule has 1 amide bonds. The largest absolute Gasteiger partial charge is 0.481 e. The molecule has 2 aliphatic heterocycles. The molecule has 1 aromatic heterocycles. The van der Waals surface area contributed by atoms with Gasteiger partial charge in [-0.05, 0) is 44.6 Å². The van der Waals surface area contributed by atoms with Crippen LogP contribution < -0.4 is 4.90 Å². The van der Waals surface area contributed by atoms with Gasteiger partial charge < -0.3 is 19.6 Å². The average molecular weight is 483 g/mol. The number of hydrogen-bond acceptors (Lipinski definition) is 6. The molecule has 1 aromatic rings. The lowest BCUT2D eigenvalue weighted by atomic mass is 9.87. The third-order valence-electron chi connectivity index (χ3n) is 7.78. The minimum absolute atomic E-state index is 0.0243. The van der Waals surface area contributed by atoms with E-state index in [4.69, 9.17) is 9.72 Å². The van der Waals surface area contributed by atoms with Gasteiger partial charge in [0.05, 0.1) is 35.4 Å². The van der Waals surface area contributed by atoms with Crippen LogP contribution in [-0.2, 0) is 27.4 Å². The molecular formula is C27H38N4O4. The lowest BCUT2D eigenvalue weighted by Crippen LogP contribution is -2.58. The van der Waals surface area contributed by atoms with Crippen molar-refractivity contribution >= 4 is 17.7 Å². The van der Waals surface area contributed by atoms with Crippen LogP contribution in [0.2, 0.25) is 0 Å². The Morgan fingerprint density at radius 1 is 1.26 bits per heavy atom. The predicted molar refractivity (Wildman–Crippen MR) is 132 cm³/mol. The third kappa shape index (κ3) is 5.16. The zero-order valence-corrected chi connectivity index (χ0v) is 21.6. The summed E-state index contributed by atoms with van der Waals surface area (Å²) in [5, 5.41) is 19.7. The van der Waals surface area contributed by atoms with Gasteiger partial charge in [-0.1, -0.05) is 20.8 Å². The second kappa shape index (κ2) is 9.77. The summed E-state index contributed by atoms with van der Waals surface area (Å²) in [6.45, 7) is 12.2. The van der Waals surface area contributed by atoms with Crippen molar-refractivity contribution in [2.75, 3.05) is 24.5 Å². The van der Waals surface area contributed by atoms with Gasteiger partial charge in [-0.15, -0.1) is 0 Å². The number of carboxylic acids is 1. The molecule has 1 N–H and O–H groups in total. The Morgan fingerprint density at radius 3 is 2.54 bits per heavy atom. The molecule has 0 bridgehead atoms. The van der Waals surface area contributed by atoms with Crippen LogP contribution in [0.1, 0.15) is 88.6 Å². The number of hydrogen-bond donors (Lipinski definition) is 1. The number of ether oxygens (including phenoxy) is 1. The summed E-state index contributed by atoms with van der Waals surface area (Å²) in [6.07, 6.45) is 3.37. The van der Waals surface area contributed by atoms with Gasteiger partial charge in [0, 0.05) is 44.0 Å². The van der Waals surface area contributed by atoms with Crippen LogP contribution in [0.5, 0.6) is 0 Å². The number of aromatic nitrogens is 1. The Balaban J connectivity index is 1.65. The second-order valence-electron chi connectivity index (χ2n) is 11.3. The molecule has 1 saturated heterocycles. The van der Waals surface area contributed by atoms with Crippen molar-refractivity contribution < 1.29 is 19.4 Å². The summed E-state index contributed by atoms with van der Waals surface area (Å²) in [4.78, 5) is 33.7. The monoisotopic (exact) mass is 482 g/mol. The highest BCUT2D eigenvalue weighted by Gasteiger charge is 2.39. The highest BCUT2D eigenvalue weighted by molar-refractivity contribution is 5.83. The van der Waals surface area contributed by atoms with Crippen molar-refractivity contribution in [3.63, 3.8) is 0 Å². The fourth-order valence-electron chi connectivity index (χ4n) is 5.44. The fraction of sp³-hybridized carbons (Fsp3) is 0.704. The number of fused-ring (bicyclic) bond motifs is 1. The maximum absolute atomic E-state index is 13.1. The number of anilines is 1. The van der Waals surface area contributed by atoms with Crippen molar-refractivity contribution in [3.8, 4) is 6.07 Å². The van der Waals surface area contributed by atoms with E-state index in [1.165, 1.54) is 0 Å². The van der Waals surface area contributed by atoms with Crippen molar-refractivity contribution in [1.82, 2.24) is 9.88 Å². The van der Waals surface area contributed by atoms with Crippen LogP contribution in [0.3, 0.4) is 0 Å². The first kappa shape index (κ1) is 25.4. The number of piperazine rings is 1. The number of nitrogens with zero attached hydrogens (tertiary/aromatic N) is 4. The van der Waals surface area contributed by atoms with E-state index in [0.717, 1.165) is 35.5 Å². The molecule has 2 atom stereocenters. The number of rotatable bonds is 7. The third-order valence-corrected chi connectivity index (χ3v) is 7.78. The highest BCUT2D eigenvalue weighted by Crippen LogP contribution is 2.46. The first-order valence-electron chi connectivity index (χ1n) is 12.9. The van der Waals surface area contributed by atoms with E-state index in [2.05, 4.69) is 38.7 Å². The summed E-state index contributed by atoms with van der Waals surface area (Å²) in [5.41, 5.74) is 3.56. The second-order valence-corrected chi connectivity index (χ2v) is 11.3. The summed E-state index contributed by atoms with van der Waals surface area (Å²) in [6, 6.07) is 2.39. The standard InChI is InChI=1S/C27H38N4O4/c1-6-17(26(33)34)11-23(32)31-10-9-30(14-22(31)16(2)3)25-20(13-28)19-12-27(4,5)35-15-21(19)24(29-25)18-7-8-18/h16-18,22H,6-12,14-15H2,1-5H3,(H,33,34)/t17-,22?/m1/s1. The Labute approximate surface area is 208 Å². The van der Waals surface area contributed by atoms with Crippen molar-refractivity contribution in [2.24, 2.45) is 11.8 Å². The molecule has 8 nitrogen and oxygen atoms in total. The Kier molecular flexibility index (Phi) is 7.10. The SMILES string of the molecule is CC[C@H](CC(=O)N1CCN(c2nc(C3CC3)c3c(c2C#N)CC(C)(C)OC3)CC1C(C)C)C(=O)O. The number of pyridine rings is 1. The van der Waals surface area contributed by atoms with Crippen LogP contribution in [-0.4, -0.2) is 58.1 Å². The molecule has 0 spiro atoms. The van der Waals surface area contributed by atoms with Gasteiger partial charge in [-0.2, -0.15) is 5.26 Å². The van der Waals surface area contributed by atoms with Crippen molar-refractivity contribution in [1.29, 1.82) is 5.26 Å². The van der Waals surface area contributed by atoms with Gasteiger partial charge in [0.25, 0.3) is 0 Å². The number of aliphatic carboxylic acids is 1. The van der Waals surface area contributed by atoms with Crippen LogP contribution >= 0.6 is 0 Å². The zero-order chi connectivity index (χ0) is 25.5. The molecule has 0 radical (unpaired) electrons. The quantitative estimate of drug-likeness (QED) is 0.629. The Bertz CT molecular complexity index is 1040. The normalized spacial score (nSPS) is 22.5. The highest BCUT2D eigenvalue weighted by atomic mass is 16.5. The van der Waals surface area contributed by atoms with Crippen molar-refractivity contribution in [2.45, 2.75) is 90.9 Å². The maximum Gasteiger partial charge on any atom is 0.307 e. The summed E-state index contributed by atoms with van der Waals surface area (Å²) in [5.74, 6) is -0.324. The number of carbonyl (C=O) groups is 2. The molecule has 35 heavy (non-hydrogen) atoms. The van der Waals surface area contributed by atoms with E-state index >= 15 is 0 Å². The molecule has 1 saturated carbocycles. The molecule has 4 rings (SSSR count). The van der Waals surface area contributed by atoms with Gasteiger partial charge in [0.15, 0.2) is 0 Å². The number of carboxylic acid groups (broad SMARTS) is 1. The smallest absolute Gasteiger partial charge is 0.307 e. The average Bonchev–Trinajstić information content (AvgIpc) is 3.65. The van der Waals surface area contributed by atoms with Crippen LogP contribution in [0.25, 0.3) is 0 Å². The number of carbonyl (C=O) groups excluding carboxylic acids is 1. The van der Waals surface area contributed by atoms with Crippen LogP contribution in [0, 0.1) is 23.2 Å². The number of amides is 1. The molecule has 3 aliphatic rings. The molecule has 3 heterocycles. The lowest BCUT2D eigenvalue weighted by molar-refractivity contribution is -0.147. The summed E-state index contributed by atoms with van der Waals surface area (Å²) >= 11 is 0. The van der Waals surface area contributed by atoms with E-state index in [1.807, 2.05) is 4.90 Å². The molecule has 8 heteroatoms. The summed E-state index contributed by atoms with van der Waals surface area (Å²) in [7, 11) is 0. The van der Waals surface area contributed by atoms with Crippen LogP contribution in [0.4, 0.5) is 5.82 Å². The van der Waals surface area contributed by atoms with Crippen LogP contribution in [0.15, 0.2) is 0 Å². The molecule has 190 valence electrons. The van der Waals surface area contributed by atoms with E-state index < -0.39 is 11.9 Å². The fourth-order valence-corrected chi connectivity index (χ4v) is 5.44. The zero-order valence-electron chi connectivity index (χ0n) is 21.6. The maximum atomic E-state index is 13.1. The Morgan fingerprint density at radius 2 is 1.97 bits per heavy atom. The minimum atomic E-state index is -0.919. The Hall–Kier alpha value is -2.66. The van der Waals surface area contributed by atoms with E-state index in [1.54, 1.807) is 6.92 Å². The van der Waals surface area contributed by atoms with Gasteiger partial charge >= 0.3 is 5.97 Å². The predicted octanol–water partition coefficient (Wildman–Crippen LogP) is 3.86. The first-order chi connectivity index (χ1) is 16.6. The molecule has 1 unspecified atom stereocenters. The summed E-state index contributed by atoms with van der Waals surface area (Å²) < 4.78 is 6.09. The molecule has 0 aromatic carbocycles. The molecule has 2 fully saturated rings. The van der Waals surface area contributed by atoms with E-state index in [9.17, 15) is 20.0 Å². The minimum Gasteiger partial charge on any atom is -0.481 e. The van der Waals surface area contributed by atoms with E-state index in [-0.39, 0.29) is 29.9 Å². The van der Waals surface area contributed by atoms with Gasteiger partial charge in [0.2, 0.25) is 5.91 Å². The first-order valence-corrected chi connectivity index (χ1v) is 12.9. The van der Waals surface area contributed by atoms with E-state index in [0.29, 0.717) is 50.6 Å². The van der Waals surface area contributed by atoms with Gasteiger partial charge in [0.1, 0.15) is 11.9 Å². The van der Waals surface area contributed by atoms with Gasteiger partial charge in [-0.3, -0.25) is 9.59 Å². The molecule has 1 aliphatic carbocycles. The lowest BCUT2D eigenvalue weighted by Gasteiger charge is -2.45. The van der Waals surface area contributed by atoms with Gasteiger partial charge in [-0.25, -0.2) is 4.98 Å². The molecular weight excluding hydrogens is 444 g/mol. The topological polar surface area (TPSA) is 107 Å².